The van der Waals surface area contributed by atoms with E-state index in [1.165, 1.54) is 16.9 Å². The number of carbonyl (C=O) groups is 1. The number of benzene rings is 1. The lowest BCUT2D eigenvalue weighted by Gasteiger charge is -2.12. The number of carbonyl (C=O) groups excluding carboxylic acids is 1. The highest BCUT2D eigenvalue weighted by Gasteiger charge is 2.19. The maximum atomic E-state index is 12.2. The molecule has 0 fully saturated rings. The van der Waals surface area contributed by atoms with E-state index in [0.717, 1.165) is 24.0 Å². The van der Waals surface area contributed by atoms with Crippen molar-refractivity contribution in [3.05, 3.63) is 44.6 Å². The Kier molecular flexibility index (Phi) is 4.57. The molecular formula is C18H20O4S. The van der Waals surface area contributed by atoms with Gasteiger partial charge in [0.1, 0.15) is 11.5 Å². The molecule has 1 aliphatic rings. The van der Waals surface area contributed by atoms with E-state index in [1.54, 1.807) is 25.6 Å². The maximum Gasteiger partial charge on any atom is 0.348 e. The van der Waals surface area contributed by atoms with E-state index >= 15 is 0 Å². The molecule has 0 bridgehead atoms. The highest BCUT2D eigenvalue weighted by Crippen LogP contribution is 2.32. The monoisotopic (exact) mass is 332 g/mol. The molecule has 0 aliphatic heterocycles. The Hall–Kier alpha value is -2.01. The summed E-state index contributed by atoms with van der Waals surface area (Å²) >= 11 is 1.56. The molecule has 4 nitrogen and oxygen atoms in total. The second kappa shape index (κ2) is 6.62. The lowest BCUT2D eigenvalue weighted by Crippen LogP contribution is -2.05. The molecular weight excluding hydrogens is 312 g/mol. The smallest absolute Gasteiger partial charge is 0.348 e. The second-order valence-corrected chi connectivity index (χ2v) is 6.76. The normalized spacial score (nSPS) is 12.8. The van der Waals surface area contributed by atoms with Crippen molar-refractivity contribution in [1.82, 2.24) is 0 Å². The molecule has 5 heteroatoms. The molecule has 122 valence electrons. The Balaban J connectivity index is 1.71. The summed E-state index contributed by atoms with van der Waals surface area (Å²) in [5.41, 5.74) is 3.23. The Labute approximate surface area is 140 Å². The molecule has 0 unspecified atom stereocenters. The molecule has 0 spiro atoms. The van der Waals surface area contributed by atoms with Crippen LogP contribution >= 0.6 is 11.3 Å². The van der Waals surface area contributed by atoms with Crippen LogP contribution < -0.4 is 9.47 Å². The molecule has 3 rings (SSSR count). The van der Waals surface area contributed by atoms with Crippen molar-refractivity contribution < 1.29 is 19.0 Å². The first-order valence-corrected chi connectivity index (χ1v) is 8.44. The highest BCUT2D eigenvalue weighted by atomic mass is 32.1. The van der Waals surface area contributed by atoms with Crippen LogP contribution in [0, 0.1) is 6.92 Å². The molecule has 0 radical (unpaired) electrons. The summed E-state index contributed by atoms with van der Waals surface area (Å²) in [6.07, 6.45) is 3.36. The quantitative estimate of drug-likeness (QED) is 0.779. The van der Waals surface area contributed by atoms with Crippen LogP contribution in [0.1, 0.15) is 37.7 Å². The summed E-state index contributed by atoms with van der Waals surface area (Å²) in [5.74, 6) is 1.06. The van der Waals surface area contributed by atoms with Gasteiger partial charge < -0.3 is 14.2 Å². The minimum absolute atomic E-state index is 0.230. The van der Waals surface area contributed by atoms with Crippen LogP contribution in [-0.4, -0.2) is 20.2 Å². The van der Waals surface area contributed by atoms with Crippen LogP contribution in [0.4, 0.5) is 0 Å². The number of hydrogen-bond acceptors (Lipinski definition) is 5. The van der Waals surface area contributed by atoms with Crippen LogP contribution in [0.15, 0.2) is 18.2 Å². The predicted molar refractivity (Wildman–Crippen MR) is 89.7 cm³/mol. The zero-order chi connectivity index (χ0) is 16.4. The van der Waals surface area contributed by atoms with Crippen LogP contribution in [0.3, 0.4) is 0 Å². The molecule has 0 saturated heterocycles. The van der Waals surface area contributed by atoms with Gasteiger partial charge in [0.15, 0.2) is 11.5 Å². The van der Waals surface area contributed by atoms with Crippen LogP contribution in [0.5, 0.6) is 11.5 Å². The van der Waals surface area contributed by atoms with Crippen molar-refractivity contribution in [3.8, 4) is 11.5 Å². The fraction of sp³-hybridized carbons (Fsp3) is 0.389. The summed E-state index contributed by atoms with van der Waals surface area (Å²) in [5, 5.41) is 0. The third-order valence-electron chi connectivity index (χ3n) is 4.15. The van der Waals surface area contributed by atoms with Crippen molar-refractivity contribution >= 4 is 17.3 Å². The Morgan fingerprint density at radius 2 is 1.87 bits per heavy atom. The number of thiophene rings is 1. The van der Waals surface area contributed by atoms with E-state index in [2.05, 4.69) is 0 Å². The number of methoxy groups -OCH3 is 2. The summed E-state index contributed by atoms with van der Waals surface area (Å²) in [6, 6.07) is 5.73. The fourth-order valence-electron chi connectivity index (χ4n) is 2.82. The van der Waals surface area contributed by atoms with Gasteiger partial charge in [-0.1, -0.05) is 0 Å². The minimum Gasteiger partial charge on any atom is -0.493 e. The van der Waals surface area contributed by atoms with Gasteiger partial charge in [0.2, 0.25) is 0 Å². The molecule has 1 aromatic carbocycles. The van der Waals surface area contributed by atoms with E-state index in [9.17, 15) is 4.79 Å². The van der Waals surface area contributed by atoms with E-state index in [4.69, 9.17) is 14.2 Å². The zero-order valence-electron chi connectivity index (χ0n) is 13.6. The molecule has 23 heavy (non-hydrogen) atoms. The van der Waals surface area contributed by atoms with Crippen LogP contribution in [0.25, 0.3) is 0 Å². The lowest BCUT2D eigenvalue weighted by molar-refractivity contribution is 0.0477. The standard InChI is InChI=1S/C18H20O4S/c1-11-7-14(20-2)15(21-3)8-13(11)10-22-18(19)17-9-12-5-4-6-16(12)23-17/h7-9H,4-6,10H2,1-3H3. The molecule has 1 aliphatic carbocycles. The van der Waals surface area contributed by atoms with E-state index in [-0.39, 0.29) is 12.6 Å². The maximum absolute atomic E-state index is 12.2. The Morgan fingerprint density at radius 1 is 1.13 bits per heavy atom. The van der Waals surface area contributed by atoms with Gasteiger partial charge in [0, 0.05) is 4.88 Å². The first kappa shape index (κ1) is 15.9. The molecule has 0 amide bonds. The van der Waals surface area contributed by atoms with E-state index < -0.39 is 0 Å². The fourth-order valence-corrected chi connectivity index (χ4v) is 3.97. The summed E-state index contributed by atoms with van der Waals surface area (Å²) in [7, 11) is 3.20. The molecule has 0 atom stereocenters. The van der Waals surface area contributed by atoms with Crippen LogP contribution in [-0.2, 0) is 24.2 Å². The van der Waals surface area contributed by atoms with Crippen molar-refractivity contribution in [2.75, 3.05) is 14.2 Å². The van der Waals surface area contributed by atoms with Gasteiger partial charge in [-0.05, 0) is 61.1 Å². The first-order chi connectivity index (χ1) is 11.1. The van der Waals surface area contributed by atoms with Gasteiger partial charge >= 0.3 is 5.97 Å². The van der Waals surface area contributed by atoms with Crippen molar-refractivity contribution in [1.29, 1.82) is 0 Å². The average Bonchev–Trinajstić information content (AvgIpc) is 3.14. The number of esters is 1. The molecule has 2 aromatic rings. The number of hydrogen-bond donors (Lipinski definition) is 0. The third kappa shape index (κ3) is 3.20. The third-order valence-corrected chi connectivity index (χ3v) is 5.37. The SMILES string of the molecule is COc1cc(C)c(COC(=O)c2cc3c(s2)CCC3)cc1OC. The van der Waals surface area contributed by atoms with E-state index in [0.29, 0.717) is 16.4 Å². The minimum atomic E-state index is -0.251. The number of aryl methyl sites for hydroxylation is 3. The van der Waals surface area contributed by atoms with Gasteiger partial charge in [-0.25, -0.2) is 4.79 Å². The van der Waals surface area contributed by atoms with Gasteiger partial charge in [-0.15, -0.1) is 11.3 Å². The Morgan fingerprint density at radius 3 is 2.57 bits per heavy atom. The second-order valence-electron chi connectivity index (χ2n) is 5.62. The summed E-state index contributed by atoms with van der Waals surface area (Å²) in [6.45, 7) is 2.19. The van der Waals surface area contributed by atoms with Crippen molar-refractivity contribution in [3.63, 3.8) is 0 Å². The highest BCUT2D eigenvalue weighted by molar-refractivity contribution is 7.14. The van der Waals surface area contributed by atoms with E-state index in [1.807, 2.05) is 25.1 Å². The van der Waals surface area contributed by atoms with Crippen LogP contribution in [0.2, 0.25) is 0 Å². The topological polar surface area (TPSA) is 44.8 Å². The van der Waals surface area contributed by atoms with Gasteiger partial charge in [0.25, 0.3) is 0 Å². The van der Waals surface area contributed by atoms with Gasteiger partial charge in [0.05, 0.1) is 14.2 Å². The lowest BCUT2D eigenvalue weighted by atomic mass is 10.1. The Bertz CT molecular complexity index is 711. The van der Waals surface area contributed by atoms with Crippen molar-refractivity contribution in [2.45, 2.75) is 32.8 Å². The van der Waals surface area contributed by atoms with Crippen molar-refractivity contribution in [2.24, 2.45) is 0 Å². The summed E-state index contributed by atoms with van der Waals surface area (Å²) in [4.78, 5) is 14.3. The van der Waals surface area contributed by atoms with Gasteiger partial charge in [-0.3, -0.25) is 0 Å². The zero-order valence-corrected chi connectivity index (χ0v) is 14.4. The number of ether oxygens (including phenoxy) is 3. The predicted octanol–water partition coefficient (Wildman–Crippen LogP) is 3.92. The first-order valence-electron chi connectivity index (χ1n) is 7.62. The number of rotatable bonds is 5. The summed E-state index contributed by atoms with van der Waals surface area (Å²) < 4.78 is 16.1. The average molecular weight is 332 g/mol. The molecule has 0 saturated carbocycles. The molecule has 1 aromatic heterocycles. The largest absolute Gasteiger partial charge is 0.493 e. The van der Waals surface area contributed by atoms with Gasteiger partial charge in [-0.2, -0.15) is 0 Å². The molecule has 1 heterocycles. The molecule has 0 N–H and O–H groups in total. The number of fused-ring (bicyclic) bond motifs is 1.